The van der Waals surface area contributed by atoms with Crippen molar-refractivity contribution in [2.24, 2.45) is 0 Å². The van der Waals surface area contributed by atoms with Crippen LogP contribution in [0.3, 0.4) is 0 Å². The third-order valence-corrected chi connectivity index (χ3v) is 5.10. The molecule has 16 heavy (non-hydrogen) atoms. The van der Waals surface area contributed by atoms with Gasteiger partial charge in [0.2, 0.25) is 0 Å². The highest BCUT2D eigenvalue weighted by Crippen LogP contribution is 2.25. The summed E-state index contributed by atoms with van der Waals surface area (Å²) in [6, 6.07) is 4.50. The lowest BCUT2D eigenvalue weighted by molar-refractivity contribution is 0.580. The molecule has 2 aromatic rings. The summed E-state index contributed by atoms with van der Waals surface area (Å²) in [5, 5.41) is 7.68. The minimum Gasteiger partial charge on any atom is -0.305 e. The van der Waals surface area contributed by atoms with E-state index in [4.69, 9.17) is 11.6 Å². The maximum Gasteiger partial charge on any atom is 0.0931 e. The van der Waals surface area contributed by atoms with Crippen LogP contribution in [0.15, 0.2) is 27.4 Å². The Morgan fingerprint density at radius 1 is 1.38 bits per heavy atom. The van der Waals surface area contributed by atoms with Gasteiger partial charge >= 0.3 is 0 Å². The Labute approximate surface area is 117 Å². The number of rotatable bonds is 4. The average molecular weight is 337 g/mol. The molecule has 0 amide bonds. The summed E-state index contributed by atoms with van der Waals surface area (Å²) in [6.45, 7) is 3.05. The van der Waals surface area contributed by atoms with Gasteiger partial charge in [0.25, 0.3) is 0 Å². The Hall–Kier alpha value is 0.130. The van der Waals surface area contributed by atoms with E-state index in [0.29, 0.717) is 6.04 Å². The van der Waals surface area contributed by atoms with Crippen molar-refractivity contribution in [2.45, 2.75) is 19.5 Å². The second kappa shape index (κ2) is 5.65. The van der Waals surface area contributed by atoms with Gasteiger partial charge in [0.15, 0.2) is 0 Å². The van der Waals surface area contributed by atoms with Crippen LogP contribution in [0.2, 0.25) is 4.34 Å². The predicted octanol–water partition coefficient (Wildman–Crippen LogP) is 5.08. The van der Waals surface area contributed by atoms with Crippen molar-refractivity contribution < 1.29 is 0 Å². The zero-order valence-electron chi connectivity index (χ0n) is 8.67. The summed E-state index contributed by atoms with van der Waals surface area (Å²) in [4.78, 5) is 1.33. The molecule has 86 valence electrons. The highest BCUT2D eigenvalue weighted by molar-refractivity contribution is 9.10. The van der Waals surface area contributed by atoms with Gasteiger partial charge in [-0.15, -0.1) is 22.7 Å². The van der Waals surface area contributed by atoms with Gasteiger partial charge < -0.3 is 5.32 Å². The fourth-order valence-electron chi connectivity index (χ4n) is 1.37. The molecule has 1 unspecified atom stereocenters. The third-order valence-electron chi connectivity index (χ3n) is 2.29. The van der Waals surface area contributed by atoms with Crippen LogP contribution in [0.5, 0.6) is 0 Å². The Morgan fingerprint density at radius 2 is 2.19 bits per heavy atom. The van der Waals surface area contributed by atoms with Crippen molar-refractivity contribution >= 4 is 50.2 Å². The zero-order chi connectivity index (χ0) is 11.5. The Balaban J connectivity index is 1.91. The van der Waals surface area contributed by atoms with Gasteiger partial charge in [-0.05, 0) is 45.9 Å². The first-order valence-corrected chi connectivity index (χ1v) is 7.78. The molecule has 0 bridgehead atoms. The van der Waals surface area contributed by atoms with E-state index in [1.807, 2.05) is 6.07 Å². The van der Waals surface area contributed by atoms with E-state index >= 15 is 0 Å². The van der Waals surface area contributed by atoms with Crippen molar-refractivity contribution in [1.29, 1.82) is 0 Å². The molecule has 0 radical (unpaired) electrons. The van der Waals surface area contributed by atoms with Crippen LogP contribution in [0, 0.1) is 0 Å². The first-order chi connectivity index (χ1) is 7.65. The van der Waals surface area contributed by atoms with Crippen molar-refractivity contribution in [2.75, 3.05) is 0 Å². The first-order valence-electron chi connectivity index (χ1n) is 4.85. The SMILES string of the molecule is CC(NCc1cc(Br)cs1)c1csc(Cl)c1. The molecule has 0 aliphatic rings. The van der Waals surface area contributed by atoms with Gasteiger partial charge in [-0.1, -0.05) is 11.6 Å². The highest BCUT2D eigenvalue weighted by atomic mass is 79.9. The van der Waals surface area contributed by atoms with E-state index in [0.717, 1.165) is 15.4 Å². The maximum absolute atomic E-state index is 5.91. The summed E-state index contributed by atoms with van der Waals surface area (Å²) in [6.07, 6.45) is 0. The summed E-state index contributed by atoms with van der Waals surface area (Å²) < 4.78 is 2.00. The molecule has 2 aromatic heterocycles. The quantitative estimate of drug-likeness (QED) is 0.821. The van der Waals surface area contributed by atoms with Crippen molar-refractivity contribution in [3.05, 3.63) is 42.1 Å². The molecular formula is C11H11BrClNS2. The van der Waals surface area contributed by atoms with Gasteiger partial charge in [0.05, 0.1) is 4.34 Å². The van der Waals surface area contributed by atoms with Crippen LogP contribution in [0.4, 0.5) is 0 Å². The molecule has 1 N–H and O–H groups in total. The van der Waals surface area contributed by atoms with Crippen LogP contribution in [-0.2, 0) is 6.54 Å². The molecule has 0 aromatic carbocycles. The normalized spacial score (nSPS) is 12.9. The molecule has 0 aliphatic heterocycles. The summed E-state index contributed by atoms with van der Waals surface area (Å²) >= 11 is 12.7. The minimum atomic E-state index is 0.338. The topological polar surface area (TPSA) is 12.0 Å². The molecule has 0 spiro atoms. The van der Waals surface area contributed by atoms with Crippen LogP contribution in [0.25, 0.3) is 0 Å². The molecule has 0 fully saturated rings. The molecule has 1 atom stereocenters. The van der Waals surface area contributed by atoms with E-state index in [1.165, 1.54) is 10.4 Å². The van der Waals surface area contributed by atoms with E-state index in [-0.39, 0.29) is 0 Å². The largest absolute Gasteiger partial charge is 0.305 e. The van der Waals surface area contributed by atoms with E-state index in [2.05, 4.69) is 45.0 Å². The van der Waals surface area contributed by atoms with Crippen LogP contribution in [0.1, 0.15) is 23.4 Å². The van der Waals surface area contributed by atoms with Crippen LogP contribution < -0.4 is 5.32 Å². The number of hydrogen-bond donors (Lipinski definition) is 1. The van der Waals surface area contributed by atoms with Crippen molar-refractivity contribution in [1.82, 2.24) is 5.32 Å². The second-order valence-electron chi connectivity index (χ2n) is 3.52. The molecule has 0 aliphatic carbocycles. The van der Waals surface area contributed by atoms with E-state index in [1.54, 1.807) is 22.7 Å². The van der Waals surface area contributed by atoms with Gasteiger partial charge in [-0.2, -0.15) is 0 Å². The van der Waals surface area contributed by atoms with Gasteiger partial charge in [0, 0.05) is 27.3 Å². The molecule has 0 saturated heterocycles. The van der Waals surface area contributed by atoms with Crippen molar-refractivity contribution in [3.8, 4) is 0 Å². The zero-order valence-corrected chi connectivity index (χ0v) is 12.6. The Morgan fingerprint density at radius 3 is 2.75 bits per heavy atom. The minimum absolute atomic E-state index is 0.338. The molecule has 1 nitrogen and oxygen atoms in total. The van der Waals surface area contributed by atoms with Crippen LogP contribution >= 0.6 is 50.2 Å². The van der Waals surface area contributed by atoms with Crippen molar-refractivity contribution in [3.63, 3.8) is 0 Å². The van der Waals surface area contributed by atoms with E-state index in [9.17, 15) is 0 Å². The lowest BCUT2D eigenvalue weighted by atomic mass is 10.2. The molecule has 5 heteroatoms. The molecule has 2 rings (SSSR count). The number of hydrogen-bond acceptors (Lipinski definition) is 3. The lowest BCUT2D eigenvalue weighted by Gasteiger charge is -2.11. The van der Waals surface area contributed by atoms with Gasteiger partial charge in [-0.25, -0.2) is 0 Å². The average Bonchev–Trinajstić information content (AvgIpc) is 2.84. The molecule has 2 heterocycles. The van der Waals surface area contributed by atoms with Crippen LogP contribution in [-0.4, -0.2) is 0 Å². The highest BCUT2D eigenvalue weighted by Gasteiger charge is 2.07. The monoisotopic (exact) mass is 335 g/mol. The summed E-state index contributed by atoms with van der Waals surface area (Å²) in [5.41, 5.74) is 1.26. The number of nitrogens with one attached hydrogen (secondary N) is 1. The maximum atomic E-state index is 5.91. The number of halogens is 2. The third kappa shape index (κ3) is 3.31. The standard InChI is InChI=1S/C11H11BrClNS2/c1-7(8-2-11(13)16-5-8)14-4-10-3-9(12)6-15-10/h2-3,5-7,14H,4H2,1H3. The van der Waals surface area contributed by atoms with Gasteiger partial charge in [-0.3, -0.25) is 0 Å². The van der Waals surface area contributed by atoms with E-state index < -0.39 is 0 Å². The Bertz CT molecular complexity index is 466. The smallest absolute Gasteiger partial charge is 0.0931 e. The summed E-state index contributed by atoms with van der Waals surface area (Å²) in [5.74, 6) is 0. The predicted molar refractivity (Wildman–Crippen MR) is 76.6 cm³/mol. The fraction of sp³-hybridized carbons (Fsp3) is 0.273. The fourth-order valence-corrected chi connectivity index (χ4v) is 3.75. The second-order valence-corrected chi connectivity index (χ2v) is 6.97. The number of thiophene rings is 2. The van der Waals surface area contributed by atoms with Gasteiger partial charge in [0.1, 0.15) is 0 Å². The molecular weight excluding hydrogens is 326 g/mol. The summed E-state index contributed by atoms with van der Waals surface area (Å²) in [7, 11) is 0. The lowest BCUT2D eigenvalue weighted by Crippen LogP contribution is -2.16. The Kier molecular flexibility index (Phi) is 4.44. The molecule has 0 saturated carbocycles. The first kappa shape index (κ1) is 12.6.